The number of hydrogen-bond donors (Lipinski definition) is 0. The first-order chi connectivity index (χ1) is 10.0. The van der Waals surface area contributed by atoms with Crippen molar-refractivity contribution < 1.29 is 0 Å². The Balaban J connectivity index is 1.75. The molecule has 0 spiro atoms. The SMILES string of the molecule is CC(C)(C)c1ccnc(N2CCC[C@H]2CN2CCCC2)c1. The number of likely N-dealkylation sites (tertiary alicyclic amines) is 1. The zero-order valence-electron chi connectivity index (χ0n) is 13.8. The molecule has 0 N–H and O–H groups in total. The van der Waals surface area contributed by atoms with Gasteiger partial charge in [0.05, 0.1) is 0 Å². The van der Waals surface area contributed by atoms with Crippen LogP contribution in [-0.2, 0) is 5.41 Å². The Morgan fingerprint density at radius 2 is 1.90 bits per heavy atom. The fourth-order valence-electron chi connectivity index (χ4n) is 3.63. The van der Waals surface area contributed by atoms with Crippen LogP contribution in [0.5, 0.6) is 0 Å². The van der Waals surface area contributed by atoms with E-state index in [9.17, 15) is 0 Å². The largest absolute Gasteiger partial charge is 0.352 e. The molecule has 21 heavy (non-hydrogen) atoms. The van der Waals surface area contributed by atoms with Gasteiger partial charge in [0.25, 0.3) is 0 Å². The van der Waals surface area contributed by atoms with Crippen molar-refractivity contribution in [2.45, 2.75) is 57.9 Å². The van der Waals surface area contributed by atoms with Crippen LogP contribution in [-0.4, -0.2) is 42.1 Å². The van der Waals surface area contributed by atoms with Crippen LogP contribution < -0.4 is 4.90 Å². The monoisotopic (exact) mass is 287 g/mol. The van der Waals surface area contributed by atoms with Gasteiger partial charge in [-0.15, -0.1) is 0 Å². The highest BCUT2D eigenvalue weighted by Gasteiger charge is 2.29. The summed E-state index contributed by atoms with van der Waals surface area (Å²) >= 11 is 0. The van der Waals surface area contributed by atoms with Crippen LogP contribution >= 0.6 is 0 Å². The lowest BCUT2D eigenvalue weighted by Gasteiger charge is -2.30. The molecule has 3 heteroatoms. The maximum atomic E-state index is 4.67. The van der Waals surface area contributed by atoms with Crippen LogP contribution in [0.1, 0.15) is 52.0 Å². The van der Waals surface area contributed by atoms with E-state index in [0.29, 0.717) is 6.04 Å². The third-order valence-corrected chi connectivity index (χ3v) is 4.95. The van der Waals surface area contributed by atoms with E-state index >= 15 is 0 Å². The first kappa shape index (κ1) is 14.8. The van der Waals surface area contributed by atoms with Gasteiger partial charge < -0.3 is 9.80 Å². The van der Waals surface area contributed by atoms with Crippen molar-refractivity contribution in [1.82, 2.24) is 9.88 Å². The number of rotatable bonds is 3. The Morgan fingerprint density at radius 3 is 2.62 bits per heavy atom. The number of aromatic nitrogens is 1. The second-order valence-electron chi connectivity index (χ2n) is 7.65. The lowest BCUT2D eigenvalue weighted by atomic mass is 9.88. The molecule has 0 unspecified atom stereocenters. The summed E-state index contributed by atoms with van der Waals surface area (Å²) in [5.41, 5.74) is 1.58. The van der Waals surface area contributed by atoms with Crippen molar-refractivity contribution in [2.24, 2.45) is 0 Å². The predicted octanol–water partition coefficient (Wildman–Crippen LogP) is 3.44. The van der Waals surface area contributed by atoms with Crippen molar-refractivity contribution >= 4 is 5.82 Å². The summed E-state index contributed by atoms with van der Waals surface area (Å²) in [6.07, 6.45) is 7.37. The van der Waals surface area contributed by atoms with E-state index in [1.807, 2.05) is 6.20 Å². The zero-order valence-corrected chi connectivity index (χ0v) is 13.8. The summed E-state index contributed by atoms with van der Waals surface area (Å²) < 4.78 is 0. The molecular weight excluding hydrogens is 258 g/mol. The molecule has 1 atom stereocenters. The Morgan fingerprint density at radius 1 is 1.14 bits per heavy atom. The summed E-state index contributed by atoms with van der Waals surface area (Å²) in [5.74, 6) is 1.18. The van der Waals surface area contributed by atoms with Crippen LogP contribution in [0.15, 0.2) is 18.3 Å². The molecule has 2 fully saturated rings. The van der Waals surface area contributed by atoms with Gasteiger partial charge in [0.15, 0.2) is 0 Å². The van der Waals surface area contributed by atoms with Gasteiger partial charge in [0, 0.05) is 25.3 Å². The number of hydrogen-bond acceptors (Lipinski definition) is 3. The Bertz CT molecular complexity index is 472. The Hall–Kier alpha value is -1.09. The first-order valence-electron chi connectivity index (χ1n) is 8.49. The van der Waals surface area contributed by atoms with E-state index in [-0.39, 0.29) is 5.41 Å². The summed E-state index contributed by atoms with van der Waals surface area (Å²) in [5, 5.41) is 0. The molecule has 0 saturated carbocycles. The minimum Gasteiger partial charge on any atom is -0.352 e. The highest BCUT2D eigenvalue weighted by atomic mass is 15.3. The molecule has 0 radical (unpaired) electrons. The van der Waals surface area contributed by atoms with Crippen molar-refractivity contribution in [2.75, 3.05) is 31.1 Å². The average Bonchev–Trinajstić information content (AvgIpc) is 3.10. The van der Waals surface area contributed by atoms with Gasteiger partial charge in [0.1, 0.15) is 5.82 Å². The van der Waals surface area contributed by atoms with E-state index < -0.39 is 0 Å². The third kappa shape index (κ3) is 3.39. The number of pyridine rings is 1. The Labute approximate surface area is 129 Å². The molecule has 1 aromatic rings. The molecule has 2 saturated heterocycles. The van der Waals surface area contributed by atoms with Gasteiger partial charge in [-0.3, -0.25) is 0 Å². The second-order valence-corrected chi connectivity index (χ2v) is 7.65. The fraction of sp³-hybridized carbons (Fsp3) is 0.722. The van der Waals surface area contributed by atoms with Gasteiger partial charge in [0.2, 0.25) is 0 Å². The first-order valence-corrected chi connectivity index (χ1v) is 8.49. The molecule has 0 amide bonds. The van der Waals surface area contributed by atoms with Gasteiger partial charge >= 0.3 is 0 Å². The number of nitrogens with zero attached hydrogens (tertiary/aromatic N) is 3. The summed E-state index contributed by atoms with van der Waals surface area (Å²) in [4.78, 5) is 9.85. The lowest BCUT2D eigenvalue weighted by molar-refractivity contribution is 0.313. The molecule has 2 aliphatic heterocycles. The zero-order chi connectivity index (χ0) is 14.9. The number of anilines is 1. The van der Waals surface area contributed by atoms with Crippen molar-refractivity contribution in [3.8, 4) is 0 Å². The topological polar surface area (TPSA) is 19.4 Å². The molecule has 3 rings (SSSR count). The summed E-state index contributed by atoms with van der Waals surface area (Å²) in [6.45, 7) is 11.8. The molecule has 0 bridgehead atoms. The molecular formula is C18H29N3. The van der Waals surface area contributed by atoms with Crippen LogP contribution in [0.3, 0.4) is 0 Å². The Kier molecular flexibility index (Phi) is 4.21. The van der Waals surface area contributed by atoms with Gasteiger partial charge in [-0.1, -0.05) is 20.8 Å². The molecule has 1 aromatic heterocycles. The fourth-order valence-corrected chi connectivity index (χ4v) is 3.63. The van der Waals surface area contributed by atoms with Gasteiger partial charge in [-0.25, -0.2) is 4.98 Å². The normalized spacial score (nSPS) is 24.0. The summed E-state index contributed by atoms with van der Waals surface area (Å²) in [7, 11) is 0. The van der Waals surface area contributed by atoms with Crippen LogP contribution in [0, 0.1) is 0 Å². The van der Waals surface area contributed by atoms with E-state index in [4.69, 9.17) is 0 Å². The molecule has 3 heterocycles. The molecule has 3 nitrogen and oxygen atoms in total. The molecule has 0 aromatic carbocycles. The smallest absolute Gasteiger partial charge is 0.129 e. The van der Waals surface area contributed by atoms with Crippen LogP contribution in [0.4, 0.5) is 5.82 Å². The quantitative estimate of drug-likeness (QED) is 0.849. The molecule has 0 aliphatic carbocycles. The molecule has 116 valence electrons. The van der Waals surface area contributed by atoms with Crippen molar-refractivity contribution in [3.63, 3.8) is 0 Å². The van der Waals surface area contributed by atoms with Crippen molar-refractivity contribution in [1.29, 1.82) is 0 Å². The third-order valence-electron chi connectivity index (χ3n) is 4.95. The highest BCUT2D eigenvalue weighted by Crippen LogP contribution is 2.29. The van der Waals surface area contributed by atoms with E-state index in [0.717, 1.165) is 0 Å². The standard InChI is InChI=1S/C18H29N3/c1-18(2,3)15-8-9-19-17(13-15)21-12-6-7-16(21)14-20-10-4-5-11-20/h8-9,13,16H,4-7,10-12,14H2,1-3H3/t16-/m0/s1. The lowest BCUT2D eigenvalue weighted by Crippen LogP contribution is -2.39. The van der Waals surface area contributed by atoms with E-state index in [2.05, 4.69) is 47.7 Å². The minimum atomic E-state index is 0.196. The van der Waals surface area contributed by atoms with E-state index in [1.165, 1.54) is 63.2 Å². The van der Waals surface area contributed by atoms with Crippen LogP contribution in [0.25, 0.3) is 0 Å². The predicted molar refractivity (Wildman–Crippen MR) is 89.0 cm³/mol. The van der Waals surface area contributed by atoms with E-state index in [1.54, 1.807) is 0 Å². The van der Waals surface area contributed by atoms with Gasteiger partial charge in [-0.2, -0.15) is 0 Å². The molecule has 2 aliphatic rings. The average molecular weight is 287 g/mol. The summed E-state index contributed by atoms with van der Waals surface area (Å²) in [6, 6.07) is 5.13. The maximum Gasteiger partial charge on any atom is 0.129 e. The highest BCUT2D eigenvalue weighted by molar-refractivity contribution is 5.45. The maximum absolute atomic E-state index is 4.67. The van der Waals surface area contributed by atoms with Crippen molar-refractivity contribution in [3.05, 3.63) is 23.9 Å². The van der Waals surface area contributed by atoms with Crippen LogP contribution in [0.2, 0.25) is 0 Å². The minimum absolute atomic E-state index is 0.196. The van der Waals surface area contributed by atoms with Gasteiger partial charge in [-0.05, 0) is 61.9 Å². The second kappa shape index (κ2) is 5.96.